The molecular formula is C7H5F2N3. The third-order valence-corrected chi connectivity index (χ3v) is 1.30. The Morgan fingerprint density at radius 2 is 2.25 bits per heavy atom. The second kappa shape index (κ2) is 3.13. The molecule has 3 nitrogen and oxygen atoms in total. The molecule has 0 aliphatic rings. The van der Waals surface area contributed by atoms with E-state index in [1.54, 1.807) is 6.07 Å². The Morgan fingerprint density at radius 1 is 1.58 bits per heavy atom. The molecule has 0 atom stereocenters. The highest BCUT2D eigenvalue weighted by Gasteiger charge is 2.10. The molecule has 0 aliphatic carbocycles. The van der Waals surface area contributed by atoms with Gasteiger partial charge in [0.2, 0.25) is 0 Å². The van der Waals surface area contributed by atoms with E-state index in [4.69, 9.17) is 11.0 Å². The van der Waals surface area contributed by atoms with E-state index in [9.17, 15) is 8.78 Å². The van der Waals surface area contributed by atoms with E-state index >= 15 is 0 Å². The average Bonchev–Trinajstić information content (AvgIpc) is 2.04. The van der Waals surface area contributed by atoms with Crippen molar-refractivity contribution in [3.63, 3.8) is 0 Å². The summed E-state index contributed by atoms with van der Waals surface area (Å²) in [6, 6.07) is 2.73. The molecule has 0 unspecified atom stereocenters. The van der Waals surface area contributed by atoms with Crippen LogP contribution in [-0.4, -0.2) is 4.98 Å². The number of hydrogen-bond acceptors (Lipinski definition) is 3. The fraction of sp³-hybridized carbons (Fsp3) is 0.143. The van der Waals surface area contributed by atoms with E-state index in [1.165, 1.54) is 0 Å². The van der Waals surface area contributed by atoms with Crippen molar-refractivity contribution in [2.24, 2.45) is 0 Å². The summed E-state index contributed by atoms with van der Waals surface area (Å²) in [5.41, 5.74) is 5.00. The van der Waals surface area contributed by atoms with Crippen molar-refractivity contribution in [3.8, 4) is 6.07 Å². The summed E-state index contributed by atoms with van der Waals surface area (Å²) < 4.78 is 24.0. The Kier molecular flexibility index (Phi) is 2.19. The zero-order valence-corrected chi connectivity index (χ0v) is 5.96. The maximum atomic E-state index is 12.0. The predicted molar refractivity (Wildman–Crippen MR) is 38.3 cm³/mol. The lowest BCUT2D eigenvalue weighted by atomic mass is 10.2. The van der Waals surface area contributed by atoms with Gasteiger partial charge < -0.3 is 5.73 Å². The van der Waals surface area contributed by atoms with E-state index in [0.29, 0.717) is 0 Å². The molecule has 5 heteroatoms. The summed E-state index contributed by atoms with van der Waals surface area (Å²) in [4.78, 5) is 3.36. The number of nitriles is 1. The maximum absolute atomic E-state index is 12.0. The molecule has 0 aliphatic heterocycles. The highest BCUT2D eigenvalue weighted by Crippen LogP contribution is 2.19. The van der Waals surface area contributed by atoms with E-state index in [2.05, 4.69) is 4.98 Å². The second-order valence-electron chi connectivity index (χ2n) is 2.11. The minimum Gasteiger partial charge on any atom is -0.398 e. The molecule has 62 valence electrons. The van der Waals surface area contributed by atoms with Crippen LogP contribution in [0.3, 0.4) is 0 Å². The molecule has 1 heterocycles. The van der Waals surface area contributed by atoms with Crippen molar-refractivity contribution in [3.05, 3.63) is 23.5 Å². The van der Waals surface area contributed by atoms with Gasteiger partial charge in [0, 0.05) is 6.20 Å². The predicted octanol–water partition coefficient (Wildman–Crippen LogP) is 1.47. The number of halogens is 2. The van der Waals surface area contributed by atoms with E-state index in [1.807, 2.05) is 0 Å². The fourth-order valence-electron chi connectivity index (χ4n) is 0.701. The van der Waals surface area contributed by atoms with Crippen LogP contribution in [0.4, 0.5) is 14.5 Å². The zero-order chi connectivity index (χ0) is 9.14. The van der Waals surface area contributed by atoms with Crippen LogP contribution in [0.25, 0.3) is 0 Å². The van der Waals surface area contributed by atoms with Crippen LogP contribution in [0, 0.1) is 11.3 Å². The first-order chi connectivity index (χ1) is 5.65. The molecule has 0 fully saturated rings. The number of aromatic nitrogens is 1. The number of hydrogen-bond donors (Lipinski definition) is 1. The topological polar surface area (TPSA) is 62.7 Å². The van der Waals surface area contributed by atoms with Gasteiger partial charge in [-0.2, -0.15) is 5.26 Å². The van der Waals surface area contributed by atoms with Crippen LogP contribution in [0.2, 0.25) is 0 Å². The third kappa shape index (κ3) is 1.48. The first kappa shape index (κ1) is 8.40. The van der Waals surface area contributed by atoms with Crippen LogP contribution >= 0.6 is 0 Å². The van der Waals surface area contributed by atoms with E-state index in [0.717, 1.165) is 12.3 Å². The number of rotatable bonds is 1. The number of anilines is 1. The van der Waals surface area contributed by atoms with Gasteiger partial charge in [0.25, 0.3) is 6.43 Å². The van der Waals surface area contributed by atoms with Gasteiger partial charge in [-0.25, -0.2) is 8.78 Å². The Labute approximate surface area is 67.4 Å². The van der Waals surface area contributed by atoms with Crippen LogP contribution < -0.4 is 5.73 Å². The normalized spacial score (nSPS) is 9.83. The first-order valence-electron chi connectivity index (χ1n) is 3.09. The summed E-state index contributed by atoms with van der Waals surface area (Å²) in [5, 5.41) is 8.39. The average molecular weight is 169 g/mol. The molecule has 0 spiro atoms. The van der Waals surface area contributed by atoms with Crippen molar-refractivity contribution in [1.82, 2.24) is 4.98 Å². The number of nitrogens with two attached hydrogens (primary N) is 1. The third-order valence-electron chi connectivity index (χ3n) is 1.30. The van der Waals surface area contributed by atoms with Gasteiger partial charge in [0.05, 0.1) is 11.3 Å². The number of alkyl halides is 2. The van der Waals surface area contributed by atoms with Crippen molar-refractivity contribution in [2.75, 3.05) is 5.73 Å². The lowest BCUT2D eigenvalue weighted by Crippen LogP contribution is -1.96. The fourth-order valence-corrected chi connectivity index (χ4v) is 0.701. The van der Waals surface area contributed by atoms with Gasteiger partial charge in [-0.1, -0.05) is 0 Å². The molecule has 0 bridgehead atoms. The summed E-state index contributed by atoms with van der Waals surface area (Å²) in [6.45, 7) is 0. The molecule has 0 amide bonds. The number of pyridine rings is 1. The molecule has 0 radical (unpaired) electrons. The lowest BCUT2D eigenvalue weighted by Gasteiger charge is -2.00. The highest BCUT2D eigenvalue weighted by atomic mass is 19.3. The molecular weight excluding hydrogens is 164 g/mol. The summed E-state index contributed by atoms with van der Waals surface area (Å²) in [5.74, 6) is 0. The number of nitrogens with zero attached hydrogens (tertiary/aromatic N) is 2. The number of nitrogen functional groups attached to an aromatic ring is 1. The zero-order valence-electron chi connectivity index (χ0n) is 5.96. The molecule has 0 aromatic carbocycles. The van der Waals surface area contributed by atoms with Gasteiger partial charge in [0.1, 0.15) is 11.8 Å². The van der Waals surface area contributed by atoms with E-state index in [-0.39, 0.29) is 11.3 Å². The lowest BCUT2D eigenvalue weighted by molar-refractivity contribution is 0.146. The molecule has 2 N–H and O–H groups in total. The smallest absolute Gasteiger partial charge is 0.280 e. The molecule has 12 heavy (non-hydrogen) atoms. The molecule has 1 rings (SSSR count). The minimum atomic E-state index is -2.65. The summed E-state index contributed by atoms with van der Waals surface area (Å²) >= 11 is 0. The van der Waals surface area contributed by atoms with Crippen LogP contribution in [0.15, 0.2) is 12.3 Å². The molecule has 0 saturated heterocycles. The minimum absolute atomic E-state index is 0.0304. The SMILES string of the molecule is N#Cc1cnc(C(F)F)cc1N. The monoisotopic (exact) mass is 169 g/mol. The Balaban J connectivity index is 3.12. The van der Waals surface area contributed by atoms with E-state index < -0.39 is 12.1 Å². The van der Waals surface area contributed by atoms with Gasteiger partial charge >= 0.3 is 0 Å². The van der Waals surface area contributed by atoms with Gasteiger partial charge in [-0.15, -0.1) is 0 Å². The standard InChI is InChI=1S/C7H5F2N3/c8-7(9)6-1-5(11)4(2-10)3-12-6/h1,3,7H,(H2,11,12). The summed E-state index contributed by atoms with van der Waals surface area (Å²) in [7, 11) is 0. The van der Waals surface area contributed by atoms with Crippen LogP contribution in [-0.2, 0) is 0 Å². The largest absolute Gasteiger partial charge is 0.398 e. The van der Waals surface area contributed by atoms with Crippen molar-refractivity contribution < 1.29 is 8.78 Å². The van der Waals surface area contributed by atoms with Gasteiger partial charge in [-0.05, 0) is 6.07 Å². The van der Waals surface area contributed by atoms with Crippen LogP contribution in [0.5, 0.6) is 0 Å². The molecule has 1 aromatic rings. The second-order valence-corrected chi connectivity index (χ2v) is 2.11. The summed E-state index contributed by atoms with van der Waals surface area (Å²) in [6.07, 6.45) is -1.61. The molecule has 1 aromatic heterocycles. The maximum Gasteiger partial charge on any atom is 0.280 e. The van der Waals surface area contributed by atoms with Gasteiger partial charge in [0.15, 0.2) is 0 Å². The Morgan fingerprint density at radius 3 is 2.67 bits per heavy atom. The quantitative estimate of drug-likeness (QED) is 0.692. The van der Waals surface area contributed by atoms with Crippen molar-refractivity contribution in [2.45, 2.75) is 6.43 Å². The van der Waals surface area contributed by atoms with Crippen LogP contribution in [0.1, 0.15) is 17.7 Å². The van der Waals surface area contributed by atoms with Gasteiger partial charge in [-0.3, -0.25) is 4.98 Å². The van der Waals surface area contributed by atoms with Crippen molar-refractivity contribution in [1.29, 1.82) is 5.26 Å². The molecule has 0 saturated carbocycles. The van der Waals surface area contributed by atoms with Crippen molar-refractivity contribution >= 4 is 5.69 Å². The first-order valence-corrected chi connectivity index (χ1v) is 3.09. The highest BCUT2D eigenvalue weighted by molar-refractivity contribution is 5.53. The Bertz CT molecular complexity index is 330. The Hall–Kier alpha value is -1.70.